The lowest BCUT2D eigenvalue weighted by Gasteiger charge is -2.30. The fourth-order valence-corrected chi connectivity index (χ4v) is 3.77. The highest BCUT2D eigenvalue weighted by Crippen LogP contribution is 2.21. The van der Waals surface area contributed by atoms with Crippen LogP contribution < -0.4 is 11.1 Å². The number of hydrogen-bond donors (Lipinski definition) is 2. The molecule has 1 aliphatic carbocycles. The zero-order valence-corrected chi connectivity index (χ0v) is 15.3. The van der Waals surface area contributed by atoms with E-state index in [4.69, 9.17) is 5.73 Å². The fourth-order valence-electron chi connectivity index (χ4n) is 3.77. The van der Waals surface area contributed by atoms with E-state index in [1.807, 2.05) is 30.3 Å². The third kappa shape index (κ3) is 5.19. The predicted octanol–water partition coefficient (Wildman–Crippen LogP) is 2.03. The molecule has 5 nitrogen and oxygen atoms in total. The van der Waals surface area contributed by atoms with Gasteiger partial charge in [-0.1, -0.05) is 30.3 Å². The lowest BCUT2D eigenvalue weighted by molar-refractivity contribution is -0.138. The van der Waals surface area contributed by atoms with Crippen LogP contribution in [0, 0.1) is 0 Å². The molecule has 2 amide bonds. The number of nitrogens with one attached hydrogen (secondary N) is 1. The van der Waals surface area contributed by atoms with Gasteiger partial charge in [0, 0.05) is 18.6 Å². The molecule has 6 heteroatoms. The van der Waals surface area contributed by atoms with E-state index in [2.05, 4.69) is 5.32 Å². The summed E-state index contributed by atoms with van der Waals surface area (Å²) in [6.07, 6.45) is 5.84. The number of rotatable bonds is 4. The molecule has 0 bridgehead atoms. The Hall–Kier alpha value is -1.59. The van der Waals surface area contributed by atoms with Crippen molar-refractivity contribution in [3.05, 3.63) is 35.9 Å². The summed E-state index contributed by atoms with van der Waals surface area (Å²) in [6, 6.07) is 9.89. The van der Waals surface area contributed by atoms with Gasteiger partial charge >= 0.3 is 0 Å². The third-order valence-corrected chi connectivity index (χ3v) is 5.19. The van der Waals surface area contributed by atoms with Crippen molar-refractivity contribution >= 4 is 24.2 Å². The minimum absolute atomic E-state index is 0. The second-order valence-electron chi connectivity index (χ2n) is 7.03. The monoisotopic (exact) mass is 365 g/mol. The average Bonchev–Trinajstić information content (AvgIpc) is 3.08. The second kappa shape index (κ2) is 9.20. The van der Waals surface area contributed by atoms with E-state index in [-0.39, 0.29) is 42.3 Å². The molecule has 3 N–H and O–H groups in total. The maximum Gasteiger partial charge on any atom is 0.243 e. The van der Waals surface area contributed by atoms with Gasteiger partial charge in [0.25, 0.3) is 0 Å². The molecule has 1 atom stereocenters. The highest BCUT2D eigenvalue weighted by Gasteiger charge is 2.35. The standard InChI is InChI=1S/C19H27N3O2.ClH/c20-15-8-10-16(11-9-15)21-19(24)17-7-4-12-22(17)18(23)13-14-5-2-1-3-6-14;/h1-3,5-6,15-17H,4,7-13,20H2,(H,21,24);1H. The number of nitrogens with two attached hydrogens (primary N) is 1. The molecule has 0 radical (unpaired) electrons. The van der Waals surface area contributed by atoms with Crippen molar-refractivity contribution in [1.29, 1.82) is 0 Å². The number of halogens is 1. The van der Waals surface area contributed by atoms with Crippen LogP contribution in [0.3, 0.4) is 0 Å². The first kappa shape index (κ1) is 19.7. The van der Waals surface area contributed by atoms with Crippen LogP contribution in [-0.4, -0.2) is 41.4 Å². The smallest absolute Gasteiger partial charge is 0.243 e. The van der Waals surface area contributed by atoms with Gasteiger partial charge in [0.05, 0.1) is 6.42 Å². The van der Waals surface area contributed by atoms with Crippen molar-refractivity contribution in [3.8, 4) is 0 Å². The fraction of sp³-hybridized carbons (Fsp3) is 0.579. The molecule has 1 saturated carbocycles. The van der Waals surface area contributed by atoms with E-state index in [0.29, 0.717) is 13.0 Å². The van der Waals surface area contributed by atoms with Crippen molar-refractivity contribution in [3.63, 3.8) is 0 Å². The molecule has 2 aliphatic rings. The normalized spacial score (nSPS) is 26.0. The maximum absolute atomic E-state index is 12.6. The number of nitrogens with zero attached hydrogens (tertiary/aromatic N) is 1. The summed E-state index contributed by atoms with van der Waals surface area (Å²) in [5.41, 5.74) is 6.91. The Morgan fingerprint density at radius 3 is 2.44 bits per heavy atom. The van der Waals surface area contributed by atoms with Crippen LogP contribution in [0.2, 0.25) is 0 Å². The van der Waals surface area contributed by atoms with Gasteiger partial charge < -0.3 is 16.0 Å². The number of benzene rings is 1. The topological polar surface area (TPSA) is 75.4 Å². The first-order valence-electron chi connectivity index (χ1n) is 9.03. The highest BCUT2D eigenvalue weighted by molar-refractivity contribution is 5.89. The van der Waals surface area contributed by atoms with Gasteiger partial charge in [0.1, 0.15) is 6.04 Å². The first-order valence-corrected chi connectivity index (χ1v) is 9.03. The van der Waals surface area contributed by atoms with Crippen molar-refractivity contribution < 1.29 is 9.59 Å². The van der Waals surface area contributed by atoms with Gasteiger partial charge in [-0.05, 0) is 44.1 Å². The Morgan fingerprint density at radius 1 is 1.08 bits per heavy atom. The summed E-state index contributed by atoms with van der Waals surface area (Å²) < 4.78 is 0. The first-order chi connectivity index (χ1) is 11.6. The molecule has 138 valence electrons. The predicted molar refractivity (Wildman–Crippen MR) is 101 cm³/mol. The van der Waals surface area contributed by atoms with E-state index >= 15 is 0 Å². The number of likely N-dealkylation sites (tertiary alicyclic amines) is 1. The molecule has 25 heavy (non-hydrogen) atoms. The third-order valence-electron chi connectivity index (χ3n) is 5.19. The number of amides is 2. The molecule has 1 unspecified atom stereocenters. The van der Waals surface area contributed by atoms with Crippen LogP contribution in [0.25, 0.3) is 0 Å². The summed E-state index contributed by atoms with van der Waals surface area (Å²) in [4.78, 5) is 27.0. The Kier molecular flexibility index (Phi) is 7.26. The SMILES string of the molecule is Cl.NC1CCC(NC(=O)C2CCCN2C(=O)Cc2ccccc2)CC1. The molecular weight excluding hydrogens is 338 g/mol. The van der Waals surface area contributed by atoms with Crippen LogP contribution in [-0.2, 0) is 16.0 Å². The van der Waals surface area contributed by atoms with Gasteiger partial charge in [0.15, 0.2) is 0 Å². The molecule has 3 rings (SSSR count). The maximum atomic E-state index is 12.6. The van der Waals surface area contributed by atoms with Crippen LogP contribution in [0.5, 0.6) is 0 Å². The van der Waals surface area contributed by atoms with Crippen LogP contribution in [0.4, 0.5) is 0 Å². The Bertz CT molecular complexity index is 573. The van der Waals surface area contributed by atoms with E-state index in [1.54, 1.807) is 4.90 Å². The molecule has 1 aromatic carbocycles. The average molecular weight is 366 g/mol. The molecule has 1 heterocycles. The lowest BCUT2D eigenvalue weighted by Crippen LogP contribution is -2.50. The van der Waals surface area contributed by atoms with Crippen molar-refractivity contribution in [2.24, 2.45) is 5.73 Å². The number of carbonyl (C=O) groups excluding carboxylic acids is 2. The lowest BCUT2D eigenvalue weighted by atomic mass is 9.91. The summed E-state index contributed by atoms with van der Waals surface area (Å²) in [6.45, 7) is 0.680. The Labute approximate surface area is 155 Å². The molecule has 0 spiro atoms. The number of hydrogen-bond acceptors (Lipinski definition) is 3. The van der Waals surface area contributed by atoms with E-state index in [0.717, 1.165) is 44.1 Å². The minimum Gasteiger partial charge on any atom is -0.352 e. The highest BCUT2D eigenvalue weighted by atomic mass is 35.5. The van der Waals surface area contributed by atoms with E-state index < -0.39 is 0 Å². The van der Waals surface area contributed by atoms with Gasteiger partial charge in [-0.2, -0.15) is 0 Å². The second-order valence-corrected chi connectivity index (χ2v) is 7.03. The van der Waals surface area contributed by atoms with Crippen LogP contribution in [0.15, 0.2) is 30.3 Å². The molecule has 0 aromatic heterocycles. The van der Waals surface area contributed by atoms with Crippen LogP contribution >= 0.6 is 12.4 Å². The molecule has 2 fully saturated rings. The van der Waals surface area contributed by atoms with Crippen LogP contribution in [0.1, 0.15) is 44.1 Å². The van der Waals surface area contributed by atoms with Crippen molar-refractivity contribution in [1.82, 2.24) is 10.2 Å². The summed E-state index contributed by atoms with van der Waals surface area (Å²) >= 11 is 0. The minimum atomic E-state index is -0.309. The molecule has 1 aliphatic heterocycles. The summed E-state index contributed by atoms with van der Waals surface area (Å²) in [7, 11) is 0. The zero-order chi connectivity index (χ0) is 16.9. The van der Waals surface area contributed by atoms with Crippen molar-refractivity contribution in [2.45, 2.75) is 63.1 Å². The quantitative estimate of drug-likeness (QED) is 0.857. The zero-order valence-electron chi connectivity index (χ0n) is 14.5. The van der Waals surface area contributed by atoms with Gasteiger partial charge in [0.2, 0.25) is 11.8 Å². The molecule has 1 aromatic rings. The summed E-state index contributed by atoms with van der Waals surface area (Å²) in [5.74, 6) is 0.0545. The largest absolute Gasteiger partial charge is 0.352 e. The van der Waals surface area contributed by atoms with Gasteiger partial charge in [-0.25, -0.2) is 0 Å². The number of carbonyl (C=O) groups is 2. The van der Waals surface area contributed by atoms with E-state index in [9.17, 15) is 9.59 Å². The Morgan fingerprint density at radius 2 is 1.76 bits per heavy atom. The summed E-state index contributed by atoms with van der Waals surface area (Å²) in [5, 5.41) is 3.14. The molecule has 1 saturated heterocycles. The van der Waals surface area contributed by atoms with Gasteiger partial charge in [-0.15, -0.1) is 12.4 Å². The van der Waals surface area contributed by atoms with Gasteiger partial charge in [-0.3, -0.25) is 9.59 Å². The van der Waals surface area contributed by atoms with Crippen molar-refractivity contribution in [2.75, 3.05) is 6.54 Å². The molecular formula is C19H28ClN3O2. The Balaban J connectivity index is 0.00000225. The van der Waals surface area contributed by atoms with E-state index in [1.165, 1.54) is 0 Å².